The lowest BCUT2D eigenvalue weighted by atomic mass is 10.2. The first-order valence-electron chi connectivity index (χ1n) is 7.64. The Hall–Kier alpha value is -2.01. The van der Waals surface area contributed by atoms with E-state index in [2.05, 4.69) is 11.9 Å². The Bertz CT molecular complexity index is 524. The number of hydrogen-bond acceptors (Lipinski definition) is 3. The molecule has 1 heterocycles. The molecule has 2 amide bonds. The first-order chi connectivity index (χ1) is 10.6. The smallest absolute Gasteiger partial charge is 0.322 e. The minimum Gasteiger partial charge on any atom is -0.486 e. The van der Waals surface area contributed by atoms with E-state index in [4.69, 9.17) is 9.47 Å². The number of hydrogen-bond donors (Lipinski definition) is 1. The van der Waals surface area contributed by atoms with E-state index >= 15 is 0 Å². The van der Waals surface area contributed by atoms with Gasteiger partial charge in [-0.05, 0) is 26.0 Å². The van der Waals surface area contributed by atoms with Gasteiger partial charge < -0.3 is 19.7 Å². The Morgan fingerprint density at radius 1 is 1.50 bits per heavy atom. The number of likely N-dealkylation sites (N-methyl/N-ethyl adjacent to an activating group) is 1. The molecular weight excluding hydrogens is 280 g/mol. The molecule has 1 aromatic carbocycles. The standard InChI is InChI=1S/C17H24N2O3/c1-4-19(11-13(2)3)17(20)18-15-7-5-6-8-16(15)22-14-9-10-21-12-14/h5-8,14H,2,4,9-12H2,1,3H3,(H,18,20)/t14-/m1/s1. The number of benzene rings is 1. The monoisotopic (exact) mass is 304 g/mol. The summed E-state index contributed by atoms with van der Waals surface area (Å²) in [6.45, 7) is 10.2. The number of urea groups is 1. The van der Waals surface area contributed by atoms with Crippen LogP contribution in [0, 0.1) is 0 Å². The summed E-state index contributed by atoms with van der Waals surface area (Å²) in [7, 11) is 0. The van der Waals surface area contributed by atoms with E-state index in [1.54, 1.807) is 4.90 Å². The molecular formula is C17H24N2O3. The third-order valence-electron chi connectivity index (χ3n) is 3.44. The zero-order valence-electron chi connectivity index (χ0n) is 13.3. The summed E-state index contributed by atoms with van der Waals surface area (Å²) in [6.07, 6.45) is 0.926. The molecule has 0 spiro atoms. The van der Waals surface area contributed by atoms with Gasteiger partial charge in [0.05, 0.1) is 18.9 Å². The van der Waals surface area contributed by atoms with Gasteiger partial charge in [-0.25, -0.2) is 4.79 Å². The van der Waals surface area contributed by atoms with Crippen LogP contribution in [0.15, 0.2) is 36.4 Å². The number of para-hydroxylation sites is 2. The highest BCUT2D eigenvalue weighted by atomic mass is 16.5. The van der Waals surface area contributed by atoms with Crippen LogP contribution in [0.5, 0.6) is 5.75 Å². The number of ether oxygens (including phenoxy) is 2. The molecule has 1 aromatic rings. The molecule has 1 aliphatic rings. The lowest BCUT2D eigenvalue weighted by Crippen LogP contribution is -2.36. The number of anilines is 1. The van der Waals surface area contributed by atoms with E-state index in [0.29, 0.717) is 31.1 Å². The Balaban J connectivity index is 2.04. The van der Waals surface area contributed by atoms with Gasteiger partial charge in [0.15, 0.2) is 0 Å². The summed E-state index contributed by atoms with van der Waals surface area (Å²) in [4.78, 5) is 14.1. The summed E-state index contributed by atoms with van der Waals surface area (Å²) in [5.74, 6) is 0.678. The van der Waals surface area contributed by atoms with Crippen molar-refractivity contribution in [1.82, 2.24) is 4.90 Å². The van der Waals surface area contributed by atoms with Gasteiger partial charge in [0.1, 0.15) is 11.9 Å². The number of carbonyl (C=O) groups is 1. The minimum absolute atomic E-state index is 0.0516. The second-order valence-electron chi connectivity index (χ2n) is 5.50. The maximum Gasteiger partial charge on any atom is 0.322 e. The van der Waals surface area contributed by atoms with Crippen LogP contribution in [-0.2, 0) is 4.74 Å². The third-order valence-corrected chi connectivity index (χ3v) is 3.44. The summed E-state index contributed by atoms with van der Waals surface area (Å²) >= 11 is 0. The van der Waals surface area contributed by atoms with E-state index in [-0.39, 0.29) is 12.1 Å². The maximum absolute atomic E-state index is 12.4. The van der Waals surface area contributed by atoms with Crippen molar-refractivity contribution in [1.29, 1.82) is 0 Å². The zero-order valence-corrected chi connectivity index (χ0v) is 13.3. The highest BCUT2D eigenvalue weighted by Crippen LogP contribution is 2.26. The molecule has 0 radical (unpaired) electrons. The predicted molar refractivity (Wildman–Crippen MR) is 87.4 cm³/mol. The normalized spacial score (nSPS) is 17.1. The Morgan fingerprint density at radius 2 is 2.27 bits per heavy atom. The first kappa shape index (κ1) is 16.4. The van der Waals surface area contributed by atoms with E-state index in [0.717, 1.165) is 18.6 Å². The fourth-order valence-electron chi connectivity index (χ4n) is 2.31. The summed E-state index contributed by atoms with van der Waals surface area (Å²) < 4.78 is 11.2. The van der Waals surface area contributed by atoms with Crippen LogP contribution in [0.3, 0.4) is 0 Å². The number of nitrogens with one attached hydrogen (secondary N) is 1. The van der Waals surface area contributed by atoms with E-state index in [1.807, 2.05) is 38.1 Å². The minimum atomic E-state index is -0.149. The van der Waals surface area contributed by atoms with Crippen molar-refractivity contribution in [2.75, 3.05) is 31.6 Å². The topological polar surface area (TPSA) is 50.8 Å². The van der Waals surface area contributed by atoms with Crippen LogP contribution in [0.2, 0.25) is 0 Å². The highest BCUT2D eigenvalue weighted by Gasteiger charge is 2.20. The molecule has 0 aliphatic carbocycles. The van der Waals surface area contributed by atoms with Gasteiger partial charge in [0.25, 0.3) is 0 Å². The molecule has 22 heavy (non-hydrogen) atoms. The van der Waals surface area contributed by atoms with Crippen LogP contribution < -0.4 is 10.1 Å². The van der Waals surface area contributed by atoms with Crippen LogP contribution in [0.1, 0.15) is 20.3 Å². The average Bonchev–Trinajstić information content (AvgIpc) is 2.99. The molecule has 5 nitrogen and oxygen atoms in total. The number of rotatable bonds is 6. The van der Waals surface area contributed by atoms with Crippen molar-refractivity contribution in [3.8, 4) is 5.75 Å². The Labute approximate surface area is 131 Å². The van der Waals surface area contributed by atoms with Crippen molar-refractivity contribution in [2.24, 2.45) is 0 Å². The van der Waals surface area contributed by atoms with Crippen LogP contribution in [-0.4, -0.2) is 43.3 Å². The number of nitrogens with zero attached hydrogens (tertiary/aromatic N) is 1. The molecule has 1 fully saturated rings. The first-order valence-corrected chi connectivity index (χ1v) is 7.64. The Kier molecular flexibility index (Phi) is 5.83. The van der Waals surface area contributed by atoms with Crippen molar-refractivity contribution in [3.05, 3.63) is 36.4 Å². The van der Waals surface area contributed by atoms with Crippen molar-refractivity contribution in [3.63, 3.8) is 0 Å². The summed E-state index contributed by atoms with van der Waals surface area (Å²) in [5.41, 5.74) is 1.63. The van der Waals surface area contributed by atoms with Crippen LogP contribution >= 0.6 is 0 Å². The van der Waals surface area contributed by atoms with Gasteiger partial charge >= 0.3 is 6.03 Å². The maximum atomic E-state index is 12.4. The molecule has 0 unspecified atom stereocenters. The van der Waals surface area contributed by atoms with E-state index < -0.39 is 0 Å². The second-order valence-corrected chi connectivity index (χ2v) is 5.50. The summed E-state index contributed by atoms with van der Waals surface area (Å²) in [5, 5.41) is 2.92. The van der Waals surface area contributed by atoms with Gasteiger partial charge in [-0.1, -0.05) is 24.3 Å². The molecule has 0 bridgehead atoms. The number of amides is 2. The molecule has 1 saturated heterocycles. The van der Waals surface area contributed by atoms with Crippen molar-refractivity contribution < 1.29 is 14.3 Å². The molecule has 1 atom stereocenters. The van der Waals surface area contributed by atoms with Crippen molar-refractivity contribution >= 4 is 11.7 Å². The Morgan fingerprint density at radius 3 is 2.91 bits per heavy atom. The fourth-order valence-corrected chi connectivity index (χ4v) is 2.31. The fraction of sp³-hybridized carbons (Fsp3) is 0.471. The quantitative estimate of drug-likeness (QED) is 0.821. The van der Waals surface area contributed by atoms with Gasteiger partial charge in [0, 0.05) is 19.5 Å². The van der Waals surface area contributed by atoms with Gasteiger partial charge in [0.2, 0.25) is 0 Å². The largest absolute Gasteiger partial charge is 0.486 e. The molecule has 1 N–H and O–H groups in total. The van der Waals surface area contributed by atoms with Crippen molar-refractivity contribution in [2.45, 2.75) is 26.4 Å². The van der Waals surface area contributed by atoms with Crippen LogP contribution in [0.4, 0.5) is 10.5 Å². The second kappa shape index (κ2) is 7.84. The predicted octanol–water partition coefficient (Wildman–Crippen LogP) is 3.28. The lowest BCUT2D eigenvalue weighted by molar-refractivity contribution is 0.142. The molecule has 1 aliphatic heterocycles. The van der Waals surface area contributed by atoms with Gasteiger partial charge in [-0.15, -0.1) is 0 Å². The van der Waals surface area contributed by atoms with Crippen LogP contribution in [0.25, 0.3) is 0 Å². The van der Waals surface area contributed by atoms with Gasteiger partial charge in [-0.2, -0.15) is 0 Å². The van der Waals surface area contributed by atoms with Gasteiger partial charge in [-0.3, -0.25) is 0 Å². The van der Waals surface area contributed by atoms with E-state index in [1.165, 1.54) is 0 Å². The molecule has 0 saturated carbocycles. The zero-order chi connectivity index (χ0) is 15.9. The highest BCUT2D eigenvalue weighted by molar-refractivity contribution is 5.91. The lowest BCUT2D eigenvalue weighted by Gasteiger charge is -2.23. The molecule has 2 rings (SSSR count). The molecule has 0 aromatic heterocycles. The number of carbonyl (C=O) groups excluding carboxylic acids is 1. The summed E-state index contributed by atoms with van der Waals surface area (Å²) in [6, 6.07) is 7.33. The SMILES string of the molecule is C=C(C)CN(CC)C(=O)Nc1ccccc1O[C@@H]1CCOC1. The third kappa shape index (κ3) is 4.49. The molecule has 5 heteroatoms. The van der Waals surface area contributed by atoms with E-state index in [9.17, 15) is 4.79 Å². The average molecular weight is 304 g/mol. The molecule has 120 valence electrons.